The van der Waals surface area contributed by atoms with E-state index in [0.717, 1.165) is 29.1 Å². The van der Waals surface area contributed by atoms with Crippen LogP contribution in [-0.4, -0.2) is 4.98 Å². The van der Waals surface area contributed by atoms with Crippen molar-refractivity contribution >= 4 is 0 Å². The highest BCUT2D eigenvalue weighted by molar-refractivity contribution is 5.27. The summed E-state index contributed by atoms with van der Waals surface area (Å²) in [6.07, 6.45) is 0.267. The van der Waals surface area contributed by atoms with Gasteiger partial charge in [-0.25, -0.2) is 8.78 Å². The topological polar surface area (TPSA) is 50.9 Å². The minimum Gasteiger partial charge on any atom is -0.271 e. The first kappa shape index (κ1) is 14.6. The summed E-state index contributed by atoms with van der Waals surface area (Å²) in [5.74, 6) is 4.66. The van der Waals surface area contributed by atoms with Crippen LogP contribution < -0.4 is 11.3 Å². The molecule has 20 heavy (non-hydrogen) atoms. The first-order chi connectivity index (χ1) is 9.49. The van der Waals surface area contributed by atoms with E-state index in [1.54, 1.807) is 0 Å². The van der Waals surface area contributed by atoms with Crippen LogP contribution in [0.2, 0.25) is 0 Å². The van der Waals surface area contributed by atoms with Crippen molar-refractivity contribution in [2.75, 3.05) is 0 Å². The Balaban J connectivity index is 2.30. The lowest BCUT2D eigenvalue weighted by Crippen LogP contribution is -2.30. The van der Waals surface area contributed by atoms with Gasteiger partial charge in [0.05, 0.1) is 6.04 Å². The molecular formula is C15H17F2N3. The molecule has 1 aromatic heterocycles. The van der Waals surface area contributed by atoms with Crippen LogP contribution in [0.5, 0.6) is 0 Å². The Morgan fingerprint density at radius 2 is 1.80 bits per heavy atom. The second kappa shape index (κ2) is 6.07. The van der Waals surface area contributed by atoms with Crippen LogP contribution in [0, 0.1) is 25.5 Å². The quantitative estimate of drug-likeness (QED) is 0.667. The SMILES string of the molecule is Cc1cc(C(Cc2cc(F)ccc2F)NN)cc(C)n1. The molecule has 1 atom stereocenters. The summed E-state index contributed by atoms with van der Waals surface area (Å²) >= 11 is 0. The van der Waals surface area contributed by atoms with E-state index >= 15 is 0 Å². The van der Waals surface area contributed by atoms with Gasteiger partial charge in [0.15, 0.2) is 0 Å². The third-order valence-corrected chi connectivity index (χ3v) is 3.14. The molecule has 0 fully saturated rings. The normalized spacial score (nSPS) is 12.4. The van der Waals surface area contributed by atoms with Gasteiger partial charge in [-0.2, -0.15) is 0 Å². The predicted octanol–water partition coefficient (Wildman–Crippen LogP) is 2.72. The largest absolute Gasteiger partial charge is 0.271 e. The summed E-state index contributed by atoms with van der Waals surface area (Å²) in [6.45, 7) is 3.76. The van der Waals surface area contributed by atoms with Crippen LogP contribution in [0.25, 0.3) is 0 Å². The molecule has 3 nitrogen and oxygen atoms in total. The predicted molar refractivity (Wildman–Crippen MR) is 73.8 cm³/mol. The number of benzene rings is 1. The maximum absolute atomic E-state index is 13.7. The van der Waals surface area contributed by atoms with E-state index in [9.17, 15) is 8.78 Å². The molecule has 3 N–H and O–H groups in total. The molecule has 1 heterocycles. The van der Waals surface area contributed by atoms with Gasteiger partial charge in [0, 0.05) is 11.4 Å². The number of hydrazine groups is 1. The smallest absolute Gasteiger partial charge is 0.126 e. The lowest BCUT2D eigenvalue weighted by molar-refractivity contribution is 0.522. The van der Waals surface area contributed by atoms with E-state index in [4.69, 9.17) is 5.84 Å². The van der Waals surface area contributed by atoms with E-state index in [2.05, 4.69) is 10.4 Å². The van der Waals surface area contributed by atoms with Gasteiger partial charge >= 0.3 is 0 Å². The average molecular weight is 277 g/mol. The van der Waals surface area contributed by atoms with Crippen molar-refractivity contribution in [1.29, 1.82) is 0 Å². The molecule has 1 aromatic carbocycles. The van der Waals surface area contributed by atoms with E-state index < -0.39 is 11.6 Å². The van der Waals surface area contributed by atoms with Crippen molar-refractivity contribution in [3.05, 3.63) is 64.5 Å². The van der Waals surface area contributed by atoms with Crippen LogP contribution in [0.15, 0.2) is 30.3 Å². The number of nitrogens with zero attached hydrogens (tertiary/aromatic N) is 1. The molecule has 0 aliphatic heterocycles. The fourth-order valence-corrected chi connectivity index (χ4v) is 2.26. The minimum absolute atomic E-state index is 0.267. The highest BCUT2D eigenvalue weighted by Gasteiger charge is 2.15. The molecule has 0 aliphatic rings. The summed E-state index contributed by atoms with van der Waals surface area (Å²) in [5, 5.41) is 0. The van der Waals surface area contributed by atoms with Crippen molar-refractivity contribution in [2.24, 2.45) is 5.84 Å². The van der Waals surface area contributed by atoms with E-state index in [-0.39, 0.29) is 12.5 Å². The standard InChI is InChI=1S/C15H17F2N3/c1-9-5-12(6-10(2)19-9)15(20-18)8-11-7-13(16)3-4-14(11)17/h3-7,15,20H,8,18H2,1-2H3. The Hall–Kier alpha value is -1.85. The number of aryl methyl sites for hydroxylation is 2. The monoisotopic (exact) mass is 277 g/mol. The highest BCUT2D eigenvalue weighted by Crippen LogP contribution is 2.21. The van der Waals surface area contributed by atoms with Gasteiger partial charge in [0.25, 0.3) is 0 Å². The van der Waals surface area contributed by atoms with Crippen LogP contribution >= 0.6 is 0 Å². The first-order valence-electron chi connectivity index (χ1n) is 6.35. The number of hydrogen-bond donors (Lipinski definition) is 2. The van der Waals surface area contributed by atoms with Gasteiger partial charge in [-0.15, -0.1) is 0 Å². The summed E-state index contributed by atoms with van der Waals surface area (Å²) in [6, 6.07) is 6.89. The first-order valence-corrected chi connectivity index (χ1v) is 6.35. The molecule has 1 unspecified atom stereocenters. The molecule has 106 valence electrons. The van der Waals surface area contributed by atoms with E-state index in [1.807, 2.05) is 26.0 Å². The maximum Gasteiger partial charge on any atom is 0.126 e. The maximum atomic E-state index is 13.7. The lowest BCUT2D eigenvalue weighted by Gasteiger charge is -2.18. The Bertz CT molecular complexity index is 594. The summed E-state index contributed by atoms with van der Waals surface area (Å²) < 4.78 is 26.9. The molecular weight excluding hydrogens is 260 g/mol. The molecule has 2 rings (SSSR count). The Kier molecular flexibility index (Phi) is 4.42. The highest BCUT2D eigenvalue weighted by atomic mass is 19.1. The van der Waals surface area contributed by atoms with Gasteiger partial charge in [-0.1, -0.05) is 0 Å². The second-order valence-corrected chi connectivity index (χ2v) is 4.84. The fraction of sp³-hybridized carbons (Fsp3) is 0.267. The van der Waals surface area contributed by atoms with Crippen LogP contribution in [-0.2, 0) is 6.42 Å². The number of halogens is 2. The Morgan fingerprint density at radius 1 is 1.15 bits per heavy atom. The van der Waals surface area contributed by atoms with Gasteiger partial charge < -0.3 is 0 Å². The molecule has 0 aliphatic carbocycles. The summed E-state index contributed by atoms with van der Waals surface area (Å²) in [5.41, 5.74) is 5.57. The zero-order valence-electron chi connectivity index (χ0n) is 11.5. The van der Waals surface area contributed by atoms with Gasteiger partial charge in [-0.05, 0) is 61.7 Å². The minimum atomic E-state index is -0.459. The molecule has 0 saturated carbocycles. The summed E-state index contributed by atoms with van der Waals surface area (Å²) in [7, 11) is 0. The molecule has 0 amide bonds. The lowest BCUT2D eigenvalue weighted by atomic mass is 9.98. The number of aromatic nitrogens is 1. The zero-order valence-corrected chi connectivity index (χ0v) is 11.5. The Morgan fingerprint density at radius 3 is 2.40 bits per heavy atom. The third-order valence-electron chi connectivity index (χ3n) is 3.14. The second-order valence-electron chi connectivity index (χ2n) is 4.84. The number of nitrogens with one attached hydrogen (secondary N) is 1. The van der Waals surface area contributed by atoms with Crippen molar-refractivity contribution in [3.63, 3.8) is 0 Å². The van der Waals surface area contributed by atoms with Crippen molar-refractivity contribution in [2.45, 2.75) is 26.3 Å². The Labute approximate surface area is 116 Å². The molecule has 0 saturated heterocycles. The van der Waals surface area contributed by atoms with Crippen molar-refractivity contribution in [3.8, 4) is 0 Å². The number of hydrogen-bond acceptors (Lipinski definition) is 3. The van der Waals surface area contributed by atoms with Crippen LogP contribution in [0.3, 0.4) is 0 Å². The van der Waals surface area contributed by atoms with Crippen molar-refractivity contribution in [1.82, 2.24) is 10.4 Å². The number of pyridine rings is 1. The molecule has 5 heteroatoms. The average Bonchev–Trinajstić information content (AvgIpc) is 2.38. The van der Waals surface area contributed by atoms with Gasteiger partial charge in [0.1, 0.15) is 11.6 Å². The summed E-state index contributed by atoms with van der Waals surface area (Å²) in [4.78, 5) is 4.29. The molecule has 0 radical (unpaired) electrons. The van der Waals surface area contributed by atoms with Gasteiger partial charge in [0.2, 0.25) is 0 Å². The van der Waals surface area contributed by atoms with Crippen molar-refractivity contribution < 1.29 is 8.78 Å². The van der Waals surface area contributed by atoms with Crippen LogP contribution in [0.1, 0.15) is 28.6 Å². The third kappa shape index (κ3) is 3.37. The van der Waals surface area contributed by atoms with Crippen LogP contribution in [0.4, 0.5) is 8.78 Å². The number of rotatable bonds is 4. The number of nitrogens with two attached hydrogens (primary N) is 1. The molecule has 0 spiro atoms. The van der Waals surface area contributed by atoms with E-state index in [0.29, 0.717) is 5.56 Å². The van der Waals surface area contributed by atoms with E-state index in [1.165, 1.54) is 6.07 Å². The molecule has 0 bridgehead atoms. The zero-order chi connectivity index (χ0) is 14.7. The molecule has 2 aromatic rings. The van der Waals surface area contributed by atoms with Gasteiger partial charge in [-0.3, -0.25) is 16.3 Å². The fourth-order valence-electron chi connectivity index (χ4n) is 2.26.